The molecule has 0 aliphatic carbocycles. The average Bonchev–Trinajstić information content (AvgIpc) is 3.65. The standard InChI is InChI=1S/C32H40N6O5/c1-21(39)17-27(40)35-25(18-24-19-37(3)20-34-24)30(41)36-29(32(43)38-16-10-15-26(38)31(42)33-2)28(22-11-6-4-7-12-22)23-13-8-5-9-14-23/h4-9,11-14,19-21,25-26,28-29,39H,10,15-18H2,1-3H3,(H,33,42)(H,35,40)(H,36,41)/t21-,25+,26+,29+/m1/s1. The predicted octanol–water partition coefficient (Wildman–Crippen LogP) is 1.27. The molecule has 4 N–H and O–H groups in total. The van der Waals surface area contributed by atoms with Gasteiger partial charge in [0, 0.05) is 39.2 Å². The zero-order valence-corrected chi connectivity index (χ0v) is 24.8. The summed E-state index contributed by atoms with van der Waals surface area (Å²) in [6.07, 6.45) is 3.51. The number of aliphatic hydroxyl groups is 1. The van der Waals surface area contributed by atoms with E-state index in [-0.39, 0.29) is 24.7 Å². The Labute approximate surface area is 251 Å². The van der Waals surface area contributed by atoms with Gasteiger partial charge in [0.15, 0.2) is 0 Å². The number of carbonyl (C=O) groups excluding carboxylic acids is 4. The van der Waals surface area contributed by atoms with E-state index in [4.69, 9.17) is 0 Å². The summed E-state index contributed by atoms with van der Waals surface area (Å²) in [5, 5.41) is 18.1. The Hall–Kier alpha value is -4.51. The van der Waals surface area contributed by atoms with Crippen LogP contribution in [0.2, 0.25) is 0 Å². The van der Waals surface area contributed by atoms with Gasteiger partial charge in [-0.1, -0.05) is 60.7 Å². The SMILES string of the molecule is CNC(=O)[C@@H]1CCCN1C(=O)[C@@H](NC(=O)[C@H](Cc1cn(C)cn1)NC(=O)C[C@@H](C)O)C(c1ccccc1)c1ccccc1. The van der Waals surface area contributed by atoms with Crippen molar-refractivity contribution in [2.24, 2.45) is 7.05 Å². The van der Waals surface area contributed by atoms with Crippen molar-refractivity contribution >= 4 is 23.6 Å². The molecule has 11 nitrogen and oxygen atoms in total. The molecule has 0 unspecified atom stereocenters. The number of aromatic nitrogens is 2. The van der Waals surface area contributed by atoms with Crippen molar-refractivity contribution in [1.82, 2.24) is 30.4 Å². The Morgan fingerprint density at radius 3 is 2.16 bits per heavy atom. The minimum Gasteiger partial charge on any atom is -0.393 e. The highest BCUT2D eigenvalue weighted by molar-refractivity contribution is 5.95. The molecular formula is C32H40N6O5. The van der Waals surface area contributed by atoms with E-state index in [1.54, 1.807) is 29.0 Å². The van der Waals surface area contributed by atoms with Gasteiger partial charge in [0.05, 0.1) is 24.5 Å². The van der Waals surface area contributed by atoms with E-state index in [0.717, 1.165) is 11.1 Å². The first-order valence-electron chi connectivity index (χ1n) is 14.5. The summed E-state index contributed by atoms with van der Waals surface area (Å²) in [6, 6.07) is 16.0. The molecule has 4 amide bonds. The van der Waals surface area contributed by atoms with Crippen LogP contribution in [0.3, 0.4) is 0 Å². The van der Waals surface area contributed by atoms with Crippen LogP contribution in [-0.4, -0.2) is 81.0 Å². The molecule has 4 rings (SSSR count). The monoisotopic (exact) mass is 588 g/mol. The van der Waals surface area contributed by atoms with Gasteiger partial charge in [-0.05, 0) is 30.9 Å². The molecule has 1 aliphatic rings. The molecule has 1 aliphatic heterocycles. The number of amides is 4. The molecule has 4 atom stereocenters. The van der Waals surface area contributed by atoms with Crippen molar-refractivity contribution < 1.29 is 24.3 Å². The molecule has 11 heteroatoms. The molecule has 1 saturated heterocycles. The first kappa shape index (κ1) is 31.4. The van der Waals surface area contributed by atoms with Gasteiger partial charge in [-0.2, -0.15) is 0 Å². The third-order valence-corrected chi connectivity index (χ3v) is 7.60. The van der Waals surface area contributed by atoms with Gasteiger partial charge in [-0.15, -0.1) is 0 Å². The van der Waals surface area contributed by atoms with Crippen LogP contribution in [-0.2, 0) is 32.6 Å². The van der Waals surface area contributed by atoms with E-state index in [1.807, 2.05) is 60.7 Å². The minimum atomic E-state index is -1.09. The van der Waals surface area contributed by atoms with Gasteiger partial charge in [-0.25, -0.2) is 4.98 Å². The molecule has 0 radical (unpaired) electrons. The van der Waals surface area contributed by atoms with E-state index < -0.39 is 42.0 Å². The smallest absolute Gasteiger partial charge is 0.246 e. The Morgan fingerprint density at radius 1 is 1.00 bits per heavy atom. The van der Waals surface area contributed by atoms with Crippen LogP contribution in [0.25, 0.3) is 0 Å². The lowest BCUT2D eigenvalue weighted by molar-refractivity contribution is -0.142. The fraction of sp³-hybridized carbons (Fsp3) is 0.406. The maximum absolute atomic E-state index is 14.4. The normalized spacial score (nSPS) is 16.8. The van der Waals surface area contributed by atoms with Crippen molar-refractivity contribution in [3.63, 3.8) is 0 Å². The molecule has 1 fully saturated rings. The van der Waals surface area contributed by atoms with Crippen LogP contribution in [0, 0.1) is 0 Å². The first-order valence-corrected chi connectivity index (χ1v) is 14.5. The summed E-state index contributed by atoms with van der Waals surface area (Å²) in [5.41, 5.74) is 2.19. The maximum atomic E-state index is 14.4. The van der Waals surface area contributed by atoms with Crippen molar-refractivity contribution in [1.29, 1.82) is 0 Å². The van der Waals surface area contributed by atoms with Crippen LogP contribution in [0.1, 0.15) is 48.9 Å². The lowest BCUT2D eigenvalue weighted by Crippen LogP contribution is -2.58. The number of likely N-dealkylation sites (tertiary alicyclic amines) is 1. The van der Waals surface area contributed by atoms with Gasteiger partial charge in [0.2, 0.25) is 23.6 Å². The minimum absolute atomic E-state index is 0.0745. The Kier molecular flexibility index (Phi) is 10.7. The summed E-state index contributed by atoms with van der Waals surface area (Å²) in [4.78, 5) is 59.8. The Bertz CT molecular complexity index is 1350. The number of nitrogens with one attached hydrogen (secondary N) is 3. The zero-order chi connectivity index (χ0) is 30.9. The van der Waals surface area contributed by atoms with Gasteiger partial charge in [0.1, 0.15) is 18.1 Å². The van der Waals surface area contributed by atoms with Gasteiger partial charge in [-0.3, -0.25) is 19.2 Å². The van der Waals surface area contributed by atoms with Crippen LogP contribution in [0.5, 0.6) is 0 Å². The third-order valence-electron chi connectivity index (χ3n) is 7.60. The fourth-order valence-electron chi connectivity index (χ4n) is 5.60. The quantitative estimate of drug-likeness (QED) is 0.251. The largest absolute Gasteiger partial charge is 0.393 e. The summed E-state index contributed by atoms with van der Waals surface area (Å²) in [7, 11) is 3.34. The first-order chi connectivity index (χ1) is 20.7. The summed E-state index contributed by atoms with van der Waals surface area (Å²) >= 11 is 0. The molecule has 228 valence electrons. The second kappa shape index (κ2) is 14.6. The summed E-state index contributed by atoms with van der Waals surface area (Å²) < 4.78 is 1.74. The van der Waals surface area contributed by atoms with Crippen LogP contribution >= 0.6 is 0 Å². The number of benzene rings is 2. The highest BCUT2D eigenvalue weighted by Gasteiger charge is 2.42. The van der Waals surface area contributed by atoms with E-state index in [2.05, 4.69) is 20.9 Å². The average molecular weight is 589 g/mol. The number of likely N-dealkylation sites (N-methyl/N-ethyl adjacent to an activating group) is 1. The van der Waals surface area contributed by atoms with Crippen molar-refractivity contribution in [2.45, 2.75) is 62.8 Å². The highest BCUT2D eigenvalue weighted by Crippen LogP contribution is 2.31. The Morgan fingerprint density at radius 2 is 1.63 bits per heavy atom. The fourth-order valence-corrected chi connectivity index (χ4v) is 5.60. The molecule has 43 heavy (non-hydrogen) atoms. The second-order valence-electron chi connectivity index (χ2n) is 11.0. The molecular weight excluding hydrogens is 548 g/mol. The van der Waals surface area contributed by atoms with Crippen LogP contribution in [0.15, 0.2) is 73.2 Å². The predicted molar refractivity (Wildman–Crippen MR) is 161 cm³/mol. The number of nitrogens with zero attached hydrogens (tertiary/aromatic N) is 3. The molecule has 0 bridgehead atoms. The molecule has 1 aromatic heterocycles. The number of hydrogen-bond acceptors (Lipinski definition) is 6. The number of aryl methyl sites for hydroxylation is 1. The molecule has 0 spiro atoms. The number of hydrogen-bond donors (Lipinski definition) is 4. The number of aliphatic hydroxyl groups excluding tert-OH is 1. The summed E-state index contributed by atoms with van der Waals surface area (Å²) in [6.45, 7) is 1.87. The van der Waals surface area contributed by atoms with E-state index in [9.17, 15) is 24.3 Å². The number of rotatable bonds is 12. The van der Waals surface area contributed by atoms with E-state index in [0.29, 0.717) is 25.1 Å². The Balaban J connectivity index is 1.74. The number of imidazole rings is 1. The third kappa shape index (κ3) is 8.07. The van der Waals surface area contributed by atoms with Gasteiger partial charge in [0.25, 0.3) is 0 Å². The number of carbonyl (C=O) groups is 4. The molecule has 2 heterocycles. The summed E-state index contributed by atoms with van der Waals surface area (Å²) in [5.74, 6) is -2.31. The topological polar surface area (TPSA) is 146 Å². The maximum Gasteiger partial charge on any atom is 0.246 e. The molecule has 0 saturated carbocycles. The van der Waals surface area contributed by atoms with Crippen LogP contribution < -0.4 is 16.0 Å². The lowest BCUT2D eigenvalue weighted by Gasteiger charge is -2.34. The highest BCUT2D eigenvalue weighted by atomic mass is 16.3. The second-order valence-corrected chi connectivity index (χ2v) is 11.0. The lowest BCUT2D eigenvalue weighted by atomic mass is 9.84. The van der Waals surface area contributed by atoms with Gasteiger partial charge >= 0.3 is 0 Å². The van der Waals surface area contributed by atoms with E-state index >= 15 is 0 Å². The zero-order valence-electron chi connectivity index (χ0n) is 24.8. The van der Waals surface area contributed by atoms with Gasteiger partial charge < -0.3 is 30.5 Å². The van der Waals surface area contributed by atoms with E-state index in [1.165, 1.54) is 14.0 Å². The van der Waals surface area contributed by atoms with Crippen molar-refractivity contribution in [2.75, 3.05) is 13.6 Å². The van der Waals surface area contributed by atoms with Crippen LogP contribution in [0.4, 0.5) is 0 Å². The van der Waals surface area contributed by atoms with Crippen molar-refractivity contribution in [3.8, 4) is 0 Å². The molecule has 2 aromatic carbocycles. The molecule has 3 aromatic rings. The van der Waals surface area contributed by atoms with Crippen molar-refractivity contribution in [3.05, 3.63) is 90.0 Å².